The Hall–Kier alpha value is -4.13. The second-order valence-corrected chi connectivity index (χ2v) is 10.3. The van der Waals surface area contributed by atoms with Crippen LogP contribution in [0.25, 0.3) is 6.08 Å². The number of rotatable bonds is 10. The van der Waals surface area contributed by atoms with E-state index in [1.807, 2.05) is 55.4 Å². The van der Waals surface area contributed by atoms with Gasteiger partial charge in [0.2, 0.25) is 0 Å². The maximum Gasteiger partial charge on any atom is 0.270 e. The molecule has 0 radical (unpaired) electrons. The molecule has 1 saturated heterocycles. The van der Waals surface area contributed by atoms with Gasteiger partial charge >= 0.3 is 0 Å². The number of benzene rings is 3. The van der Waals surface area contributed by atoms with Crippen molar-refractivity contribution in [2.75, 3.05) is 38.7 Å². The van der Waals surface area contributed by atoms with Crippen LogP contribution in [0.1, 0.15) is 60.0 Å². The summed E-state index contributed by atoms with van der Waals surface area (Å²) in [6, 6.07) is 21.4. The molecule has 1 heterocycles. The van der Waals surface area contributed by atoms with Crippen molar-refractivity contribution < 1.29 is 18.7 Å². The van der Waals surface area contributed by atoms with Crippen molar-refractivity contribution in [1.29, 1.82) is 0 Å². The van der Waals surface area contributed by atoms with Crippen LogP contribution in [-0.4, -0.2) is 50.5 Å². The number of ether oxygens (including phenoxy) is 1. The van der Waals surface area contributed by atoms with E-state index in [1.54, 1.807) is 35.2 Å². The number of piperidine rings is 1. The monoisotopic (exact) mass is 543 g/mol. The highest BCUT2D eigenvalue weighted by Gasteiger charge is 2.27. The first-order valence-corrected chi connectivity index (χ1v) is 13.9. The molecule has 0 unspecified atom stereocenters. The number of carbonyl (C=O) groups excluding carboxylic acids is 2. The predicted octanol–water partition coefficient (Wildman–Crippen LogP) is 6.25. The number of amides is 2. The van der Waals surface area contributed by atoms with Crippen LogP contribution >= 0.6 is 0 Å². The van der Waals surface area contributed by atoms with Gasteiger partial charge in [-0.3, -0.25) is 9.59 Å². The van der Waals surface area contributed by atoms with E-state index in [2.05, 4.69) is 12.2 Å². The van der Waals surface area contributed by atoms with Crippen molar-refractivity contribution in [3.63, 3.8) is 0 Å². The van der Waals surface area contributed by atoms with Gasteiger partial charge in [0.05, 0.1) is 6.61 Å². The molecule has 0 spiro atoms. The fourth-order valence-electron chi connectivity index (χ4n) is 4.74. The first-order chi connectivity index (χ1) is 19.3. The summed E-state index contributed by atoms with van der Waals surface area (Å²) >= 11 is 0. The summed E-state index contributed by atoms with van der Waals surface area (Å²) in [6.45, 7) is 3.84. The van der Waals surface area contributed by atoms with Gasteiger partial charge in [0.1, 0.15) is 17.3 Å². The highest BCUT2D eigenvalue weighted by atomic mass is 19.1. The van der Waals surface area contributed by atoms with E-state index >= 15 is 0 Å². The minimum atomic E-state index is -0.356. The minimum absolute atomic E-state index is 0.220. The van der Waals surface area contributed by atoms with Crippen LogP contribution in [0.15, 0.2) is 78.5 Å². The number of unbranched alkanes of at least 4 members (excludes halogenated alkanes) is 1. The quantitative estimate of drug-likeness (QED) is 0.243. The fourth-order valence-corrected chi connectivity index (χ4v) is 4.74. The van der Waals surface area contributed by atoms with E-state index < -0.39 is 0 Å². The molecule has 1 N–H and O–H groups in total. The zero-order valence-electron chi connectivity index (χ0n) is 23.5. The molecule has 210 valence electrons. The Balaban J connectivity index is 1.49. The summed E-state index contributed by atoms with van der Waals surface area (Å²) in [5, 5.41) is 2.88. The van der Waals surface area contributed by atoms with Gasteiger partial charge in [0.25, 0.3) is 11.8 Å². The highest BCUT2D eigenvalue weighted by molar-refractivity contribution is 6.05. The van der Waals surface area contributed by atoms with Crippen LogP contribution in [-0.2, 0) is 4.79 Å². The lowest BCUT2D eigenvalue weighted by Crippen LogP contribution is -2.42. The average Bonchev–Trinajstić information content (AvgIpc) is 2.97. The molecule has 2 amide bonds. The summed E-state index contributed by atoms with van der Waals surface area (Å²) in [6.07, 6.45) is 5.29. The molecular weight excluding hydrogens is 505 g/mol. The molecule has 4 rings (SSSR count). The highest BCUT2D eigenvalue weighted by Crippen LogP contribution is 2.29. The van der Waals surface area contributed by atoms with Crippen LogP contribution in [0.5, 0.6) is 5.75 Å². The minimum Gasteiger partial charge on any atom is -0.494 e. The summed E-state index contributed by atoms with van der Waals surface area (Å²) in [5.74, 6) is 0.150. The number of hydrogen-bond donors (Lipinski definition) is 1. The number of hydrogen-bond acceptors (Lipinski definition) is 4. The average molecular weight is 544 g/mol. The Morgan fingerprint density at radius 1 is 0.975 bits per heavy atom. The topological polar surface area (TPSA) is 61.9 Å². The largest absolute Gasteiger partial charge is 0.494 e. The van der Waals surface area contributed by atoms with Gasteiger partial charge in [-0.05, 0) is 90.9 Å². The summed E-state index contributed by atoms with van der Waals surface area (Å²) < 4.78 is 19.1. The maximum atomic E-state index is 13.7. The Bertz CT molecular complexity index is 1290. The molecule has 0 aromatic heterocycles. The molecule has 7 heteroatoms. The Morgan fingerprint density at radius 2 is 1.62 bits per heavy atom. The molecule has 1 aliphatic rings. The summed E-state index contributed by atoms with van der Waals surface area (Å²) in [7, 11) is 3.94. The molecule has 0 bridgehead atoms. The van der Waals surface area contributed by atoms with E-state index in [0.717, 1.165) is 42.5 Å². The third-order valence-corrected chi connectivity index (χ3v) is 7.21. The van der Waals surface area contributed by atoms with Crippen LogP contribution in [0.4, 0.5) is 10.1 Å². The van der Waals surface area contributed by atoms with Crippen molar-refractivity contribution in [2.24, 2.45) is 0 Å². The first kappa shape index (κ1) is 28.9. The lowest BCUT2D eigenvalue weighted by Gasteiger charge is -2.33. The van der Waals surface area contributed by atoms with Gasteiger partial charge < -0.3 is 19.9 Å². The van der Waals surface area contributed by atoms with E-state index in [0.29, 0.717) is 31.0 Å². The Morgan fingerprint density at radius 3 is 2.23 bits per heavy atom. The lowest BCUT2D eigenvalue weighted by atomic mass is 9.89. The van der Waals surface area contributed by atoms with Gasteiger partial charge in [-0.1, -0.05) is 37.6 Å². The summed E-state index contributed by atoms with van der Waals surface area (Å²) in [5.41, 5.74) is 3.61. The molecule has 3 aromatic rings. The first-order valence-electron chi connectivity index (χ1n) is 13.9. The number of nitrogens with one attached hydrogen (secondary N) is 1. The van der Waals surface area contributed by atoms with E-state index in [9.17, 15) is 14.0 Å². The van der Waals surface area contributed by atoms with Crippen molar-refractivity contribution in [2.45, 2.75) is 38.5 Å². The van der Waals surface area contributed by atoms with Gasteiger partial charge in [-0.15, -0.1) is 0 Å². The molecule has 40 heavy (non-hydrogen) atoms. The van der Waals surface area contributed by atoms with Gasteiger partial charge in [0, 0.05) is 38.4 Å². The standard InChI is InChI=1S/C33H38FN3O3/c1-4-5-22-40-30-16-10-27(11-17-30)32(38)35-31(23-24-6-14-29(15-7-24)36(2)3)33(39)37-20-18-26(19-21-37)25-8-12-28(34)13-9-25/h6-17,23,26H,4-5,18-22H2,1-3H3,(H,35,38)/b31-23+. The molecule has 0 aliphatic carbocycles. The van der Waals surface area contributed by atoms with Crippen LogP contribution < -0.4 is 15.0 Å². The molecule has 0 saturated carbocycles. The molecule has 1 aliphatic heterocycles. The lowest BCUT2D eigenvalue weighted by molar-refractivity contribution is -0.128. The second-order valence-electron chi connectivity index (χ2n) is 10.3. The van der Waals surface area contributed by atoms with Crippen molar-refractivity contribution in [1.82, 2.24) is 10.2 Å². The molecule has 6 nitrogen and oxygen atoms in total. The Kier molecular flexibility index (Phi) is 9.95. The smallest absolute Gasteiger partial charge is 0.270 e. The van der Waals surface area contributed by atoms with E-state index in [4.69, 9.17) is 4.74 Å². The van der Waals surface area contributed by atoms with Crippen molar-refractivity contribution in [3.8, 4) is 5.75 Å². The van der Waals surface area contributed by atoms with Crippen LogP contribution in [0.2, 0.25) is 0 Å². The van der Waals surface area contributed by atoms with Crippen LogP contribution in [0, 0.1) is 5.82 Å². The maximum absolute atomic E-state index is 13.7. The van der Waals surface area contributed by atoms with E-state index in [1.165, 1.54) is 12.1 Å². The number of carbonyl (C=O) groups is 2. The van der Waals surface area contributed by atoms with Crippen molar-refractivity contribution >= 4 is 23.6 Å². The van der Waals surface area contributed by atoms with Gasteiger partial charge in [-0.2, -0.15) is 0 Å². The normalized spacial score (nSPS) is 14.1. The predicted molar refractivity (Wildman–Crippen MR) is 158 cm³/mol. The zero-order valence-corrected chi connectivity index (χ0v) is 23.5. The van der Waals surface area contributed by atoms with E-state index in [-0.39, 0.29) is 29.2 Å². The molecule has 0 atom stereocenters. The van der Waals surface area contributed by atoms with Crippen molar-refractivity contribution in [3.05, 3.63) is 101 Å². The van der Waals surface area contributed by atoms with Gasteiger partial charge in [0.15, 0.2) is 0 Å². The number of halogens is 1. The number of anilines is 1. The molecule has 1 fully saturated rings. The third kappa shape index (κ3) is 7.72. The summed E-state index contributed by atoms with van der Waals surface area (Å²) in [4.78, 5) is 30.7. The molecular formula is C33H38FN3O3. The zero-order chi connectivity index (χ0) is 28.5. The number of likely N-dealkylation sites (tertiary alicyclic amines) is 1. The molecule has 3 aromatic carbocycles. The third-order valence-electron chi connectivity index (χ3n) is 7.21. The Labute approximate surface area is 236 Å². The second kappa shape index (κ2) is 13.8. The number of nitrogens with zero attached hydrogens (tertiary/aromatic N) is 2. The SMILES string of the molecule is CCCCOc1ccc(C(=O)N/C(=C/c2ccc(N(C)C)cc2)C(=O)N2CCC(c3ccc(F)cc3)CC2)cc1. The van der Waals surface area contributed by atoms with Gasteiger partial charge in [-0.25, -0.2) is 4.39 Å². The fraction of sp³-hybridized carbons (Fsp3) is 0.333. The van der Waals surface area contributed by atoms with Crippen LogP contribution in [0.3, 0.4) is 0 Å².